The first kappa shape index (κ1) is 15.6. The quantitative estimate of drug-likeness (QED) is 0.820. The third-order valence-corrected chi connectivity index (χ3v) is 4.87. The number of pyridine rings is 1. The van der Waals surface area contributed by atoms with Crippen molar-refractivity contribution in [2.45, 2.75) is 39.7 Å². The number of rotatable bonds is 6. The third-order valence-electron chi connectivity index (χ3n) is 3.22. The van der Waals surface area contributed by atoms with E-state index in [0.717, 1.165) is 11.4 Å². The highest BCUT2D eigenvalue weighted by Gasteiger charge is 2.37. The summed E-state index contributed by atoms with van der Waals surface area (Å²) in [6, 6.07) is 3.83. The lowest BCUT2D eigenvalue weighted by Gasteiger charge is -2.24. The molecule has 1 heterocycles. The molecule has 2 rings (SSSR count). The summed E-state index contributed by atoms with van der Waals surface area (Å²) >= 11 is -1.04. The summed E-state index contributed by atoms with van der Waals surface area (Å²) in [6.45, 7) is 6.30. The van der Waals surface area contributed by atoms with Crippen LogP contribution in [0.2, 0.25) is 0 Å². The molecule has 4 nitrogen and oxygen atoms in total. The largest absolute Gasteiger partial charge is 0.598 e. The molecule has 0 aromatic carbocycles. The summed E-state index contributed by atoms with van der Waals surface area (Å²) in [5.41, 5.74) is 0.974. The Morgan fingerprint density at radius 1 is 1.50 bits per heavy atom. The minimum atomic E-state index is -1.04. The summed E-state index contributed by atoms with van der Waals surface area (Å²) in [4.78, 5) is 4.42. The molecule has 1 saturated carbocycles. The molecule has 1 N–H and O–H groups in total. The Hall–Kier alpha value is -0.780. The normalized spacial score (nSPS) is 18.6. The van der Waals surface area contributed by atoms with Gasteiger partial charge in [0.1, 0.15) is 11.5 Å². The smallest absolute Gasteiger partial charge is 0.130 e. The summed E-state index contributed by atoms with van der Waals surface area (Å²) < 4.78 is 20.8. The Kier molecular flexibility index (Phi) is 4.94. The standard InChI is InChI=1S/C15H24N2O2S/c1-15(2,3)10-20(18)17-14(11-5-6-11)13-9-12(19-4)7-8-16-13/h7-9,11,14,17H,5-6,10H2,1-4H3/t14-,20?/m1/s1. The van der Waals surface area contributed by atoms with E-state index in [2.05, 4.69) is 30.5 Å². The van der Waals surface area contributed by atoms with Crippen LogP contribution in [0.4, 0.5) is 0 Å². The molecule has 1 fully saturated rings. The topological polar surface area (TPSA) is 57.2 Å². The molecular weight excluding hydrogens is 272 g/mol. The van der Waals surface area contributed by atoms with Gasteiger partial charge in [0.2, 0.25) is 0 Å². The maximum atomic E-state index is 12.3. The molecule has 0 spiro atoms. The van der Waals surface area contributed by atoms with Gasteiger partial charge in [-0.05, 0) is 24.8 Å². The van der Waals surface area contributed by atoms with Crippen LogP contribution in [-0.2, 0) is 11.4 Å². The van der Waals surface area contributed by atoms with E-state index < -0.39 is 11.4 Å². The van der Waals surface area contributed by atoms with Crippen molar-refractivity contribution < 1.29 is 9.29 Å². The molecule has 2 atom stereocenters. The number of ether oxygens (including phenoxy) is 1. The van der Waals surface area contributed by atoms with Gasteiger partial charge in [0.05, 0.1) is 18.8 Å². The summed E-state index contributed by atoms with van der Waals surface area (Å²) in [6.07, 6.45) is 4.09. The molecule has 1 aliphatic rings. The number of aromatic nitrogens is 1. The number of methoxy groups -OCH3 is 1. The van der Waals surface area contributed by atoms with Gasteiger partial charge in [0, 0.05) is 29.0 Å². The van der Waals surface area contributed by atoms with Gasteiger partial charge in [-0.3, -0.25) is 4.98 Å². The second kappa shape index (κ2) is 6.33. The molecule has 1 aromatic rings. The van der Waals surface area contributed by atoms with Crippen molar-refractivity contribution in [3.05, 3.63) is 24.0 Å². The fourth-order valence-electron chi connectivity index (χ4n) is 2.13. The van der Waals surface area contributed by atoms with Crippen LogP contribution in [0.3, 0.4) is 0 Å². The highest BCUT2D eigenvalue weighted by Crippen LogP contribution is 2.41. The van der Waals surface area contributed by atoms with Crippen molar-refractivity contribution in [3.8, 4) is 5.75 Å². The van der Waals surface area contributed by atoms with Crippen molar-refractivity contribution >= 4 is 11.4 Å². The van der Waals surface area contributed by atoms with Crippen molar-refractivity contribution in [3.63, 3.8) is 0 Å². The lowest BCUT2D eigenvalue weighted by Crippen LogP contribution is -2.36. The van der Waals surface area contributed by atoms with Crippen molar-refractivity contribution in [1.82, 2.24) is 9.71 Å². The van der Waals surface area contributed by atoms with Crippen molar-refractivity contribution in [2.75, 3.05) is 12.9 Å². The second-order valence-electron chi connectivity index (χ2n) is 6.60. The maximum absolute atomic E-state index is 12.3. The fourth-order valence-corrected chi connectivity index (χ4v) is 3.60. The molecule has 0 aliphatic heterocycles. The van der Waals surface area contributed by atoms with Crippen LogP contribution in [0.15, 0.2) is 18.3 Å². The van der Waals surface area contributed by atoms with E-state index >= 15 is 0 Å². The lowest BCUT2D eigenvalue weighted by molar-refractivity contribution is 0.411. The third kappa shape index (κ3) is 4.65. The van der Waals surface area contributed by atoms with E-state index in [9.17, 15) is 4.55 Å². The van der Waals surface area contributed by atoms with Crippen LogP contribution < -0.4 is 9.46 Å². The van der Waals surface area contributed by atoms with Gasteiger partial charge in [0.15, 0.2) is 0 Å². The Bertz CT molecular complexity index is 444. The van der Waals surface area contributed by atoms with E-state index in [1.165, 1.54) is 12.8 Å². The Morgan fingerprint density at radius 3 is 2.75 bits per heavy atom. The minimum Gasteiger partial charge on any atom is -0.598 e. The molecule has 20 heavy (non-hydrogen) atoms. The van der Waals surface area contributed by atoms with E-state index in [-0.39, 0.29) is 11.5 Å². The predicted molar refractivity (Wildman–Crippen MR) is 81.9 cm³/mol. The lowest BCUT2D eigenvalue weighted by atomic mass is 10.0. The summed E-state index contributed by atoms with van der Waals surface area (Å²) in [5.74, 6) is 1.97. The molecular formula is C15H24N2O2S. The molecule has 0 radical (unpaired) electrons. The zero-order valence-electron chi connectivity index (χ0n) is 12.7. The van der Waals surface area contributed by atoms with Gasteiger partial charge in [-0.2, -0.15) is 0 Å². The summed E-state index contributed by atoms with van der Waals surface area (Å²) in [5, 5.41) is 0. The van der Waals surface area contributed by atoms with E-state index in [0.29, 0.717) is 11.7 Å². The molecule has 0 bridgehead atoms. The van der Waals surface area contributed by atoms with E-state index in [1.807, 2.05) is 12.1 Å². The molecule has 0 amide bonds. The summed E-state index contributed by atoms with van der Waals surface area (Å²) in [7, 11) is 1.65. The van der Waals surface area contributed by atoms with Gasteiger partial charge >= 0.3 is 0 Å². The van der Waals surface area contributed by atoms with Crippen LogP contribution in [-0.4, -0.2) is 22.4 Å². The van der Waals surface area contributed by atoms with Gasteiger partial charge in [-0.25, -0.2) is 0 Å². The first-order valence-electron chi connectivity index (χ1n) is 7.03. The minimum absolute atomic E-state index is 0.0494. The van der Waals surface area contributed by atoms with Crippen molar-refractivity contribution in [1.29, 1.82) is 0 Å². The Balaban J connectivity index is 2.07. The highest BCUT2D eigenvalue weighted by atomic mass is 32.2. The number of hydrogen-bond acceptors (Lipinski definition) is 4. The van der Waals surface area contributed by atoms with Crippen LogP contribution in [0.25, 0.3) is 0 Å². The van der Waals surface area contributed by atoms with Crippen LogP contribution >= 0.6 is 0 Å². The van der Waals surface area contributed by atoms with Gasteiger partial charge < -0.3 is 9.29 Å². The molecule has 1 aliphatic carbocycles. The average Bonchev–Trinajstić information content (AvgIpc) is 3.18. The Labute approximate surface area is 124 Å². The molecule has 5 heteroatoms. The zero-order chi connectivity index (χ0) is 14.8. The first-order valence-corrected chi connectivity index (χ1v) is 8.35. The van der Waals surface area contributed by atoms with Gasteiger partial charge in [-0.1, -0.05) is 20.8 Å². The number of nitrogens with one attached hydrogen (secondary N) is 1. The number of nitrogens with zero attached hydrogens (tertiary/aromatic N) is 1. The molecule has 112 valence electrons. The van der Waals surface area contributed by atoms with Crippen molar-refractivity contribution in [2.24, 2.45) is 11.3 Å². The van der Waals surface area contributed by atoms with Crippen LogP contribution in [0, 0.1) is 11.3 Å². The predicted octanol–water partition coefficient (Wildman–Crippen LogP) is 2.84. The Morgan fingerprint density at radius 2 is 2.20 bits per heavy atom. The van der Waals surface area contributed by atoms with Crippen LogP contribution in [0.1, 0.15) is 45.3 Å². The first-order chi connectivity index (χ1) is 9.39. The van der Waals surface area contributed by atoms with E-state index in [1.54, 1.807) is 13.3 Å². The maximum Gasteiger partial charge on any atom is 0.130 e. The monoisotopic (exact) mass is 296 g/mol. The highest BCUT2D eigenvalue weighted by molar-refractivity contribution is 7.89. The zero-order valence-corrected chi connectivity index (χ0v) is 13.5. The average molecular weight is 296 g/mol. The molecule has 1 aromatic heterocycles. The van der Waals surface area contributed by atoms with E-state index in [4.69, 9.17) is 4.74 Å². The van der Waals surface area contributed by atoms with Gasteiger partial charge in [0.25, 0.3) is 0 Å². The van der Waals surface area contributed by atoms with Crippen LogP contribution in [0.5, 0.6) is 5.75 Å². The molecule has 0 saturated heterocycles. The molecule has 1 unspecified atom stereocenters. The fraction of sp³-hybridized carbons (Fsp3) is 0.667. The SMILES string of the molecule is COc1ccnc([C@H](N[S+]([O-])CC(C)(C)C)C2CC2)c1. The number of hydrogen-bond donors (Lipinski definition) is 1. The van der Waals surface area contributed by atoms with Gasteiger partial charge in [-0.15, -0.1) is 4.72 Å². The second-order valence-corrected chi connectivity index (χ2v) is 7.82.